The fourth-order valence-corrected chi connectivity index (χ4v) is 7.87. The summed E-state index contributed by atoms with van der Waals surface area (Å²) < 4.78 is 2.31. The monoisotopic (exact) mass is 570 g/mol. The van der Waals surface area contributed by atoms with Gasteiger partial charge in [0.05, 0.1) is 11.6 Å². The Hall–Kier alpha value is -3.72. The van der Waals surface area contributed by atoms with E-state index in [1.165, 1.54) is 47.9 Å². The number of rotatable bonds is 8. The first-order valence-electron chi connectivity index (χ1n) is 16.3. The Labute approximate surface area is 255 Å². The van der Waals surface area contributed by atoms with Gasteiger partial charge in [-0.25, -0.2) is 0 Å². The van der Waals surface area contributed by atoms with Crippen LogP contribution in [0.2, 0.25) is 0 Å². The lowest BCUT2D eigenvalue weighted by Crippen LogP contribution is -2.35. The summed E-state index contributed by atoms with van der Waals surface area (Å²) >= 11 is 0. The van der Waals surface area contributed by atoms with Gasteiger partial charge < -0.3 is 9.47 Å². The SMILES string of the molecule is N#Cc1ccc2c(ccn2CCN2CCC(c3ccc4c(c3)CC(CC3CCN(Cc5ccccc5)CC3)C4=O)CC2)c1. The molecule has 5 heteroatoms. The van der Waals surface area contributed by atoms with Crippen LogP contribution in [0.5, 0.6) is 0 Å². The number of hydrogen-bond acceptors (Lipinski definition) is 4. The van der Waals surface area contributed by atoms with Gasteiger partial charge in [-0.2, -0.15) is 5.26 Å². The van der Waals surface area contributed by atoms with Crippen LogP contribution in [-0.2, 0) is 19.5 Å². The van der Waals surface area contributed by atoms with Crippen LogP contribution in [0, 0.1) is 23.2 Å². The molecule has 3 heterocycles. The van der Waals surface area contributed by atoms with Crippen molar-refractivity contribution in [3.05, 3.63) is 107 Å². The Morgan fingerprint density at radius 2 is 1.60 bits per heavy atom. The van der Waals surface area contributed by atoms with E-state index in [1.54, 1.807) is 0 Å². The highest BCUT2D eigenvalue weighted by Crippen LogP contribution is 2.37. The average Bonchev–Trinajstić information content (AvgIpc) is 3.60. The normalized spacial score (nSPS) is 20.4. The molecule has 0 spiro atoms. The number of carbonyl (C=O) groups is 1. The number of piperidine rings is 2. The minimum absolute atomic E-state index is 0.175. The average molecular weight is 571 g/mol. The number of nitrogens with zero attached hydrogens (tertiary/aromatic N) is 4. The van der Waals surface area contributed by atoms with Crippen LogP contribution in [0.3, 0.4) is 0 Å². The van der Waals surface area contributed by atoms with Crippen molar-refractivity contribution in [3.63, 3.8) is 0 Å². The van der Waals surface area contributed by atoms with Crippen LogP contribution in [-0.4, -0.2) is 52.9 Å². The number of aromatic nitrogens is 1. The molecule has 220 valence electrons. The Morgan fingerprint density at radius 1 is 0.814 bits per heavy atom. The van der Waals surface area contributed by atoms with Gasteiger partial charge in [0.1, 0.15) is 0 Å². The molecule has 5 nitrogen and oxygen atoms in total. The maximum absolute atomic E-state index is 13.4. The highest BCUT2D eigenvalue weighted by atomic mass is 16.1. The zero-order chi connectivity index (χ0) is 29.2. The number of fused-ring (bicyclic) bond motifs is 2. The lowest BCUT2D eigenvalue weighted by atomic mass is 9.85. The molecule has 1 aromatic heterocycles. The summed E-state index contributed by atoms with van der Waals surface area (Å²) in [5.74, 6) is 1.82. The fourth-order valence-electron chi connectivity index (χ4n) is 7.87. The van der Waals surface area contributed by atoms with Crippen molar-refractivity contribution in [1.82, 2.24) is 14.4 Å². The first kappa shape index (κ1) is 28.1. The van der Waals surface area contributed by atoms with Gasteiger partial charge >= 0.3 is 0 Å². The standard InChI is InChI=1S/C38H42N4O/c39-26-30-6-9-37-33(23-30)14-19-42(37)21-20-40-17-12-31(13-18-40)32-7-8-36-34(24-32)25-35(38(36)43)22-28-10-15-41(16-11-28)27-29-4-2-1-3-5-29/h1-9,14,19,23-24,28,31,35H,10-13,15-18,20-22,25,27H2. The second-order valence-corrected chi connectivity index (χ2v) is 13.1. The molecule has 7 rings (SSSR count). The molecule has 4 aromatic rings. The molecule has 0 amide bonds. The van der Waals surface area contributed by atoms with Gasteiger partial charge in [-0.05, 0) is 117 Å². The molecular formula is C38H42N4O. The molecule has 0 radical (unpaired) electrons. The van der Waals surface area contributed by atoms with Gasteiger partial charge in [-0.1, -0.05) is 48.5 Å². The third-order valence-corrected chi connectivity index (χ3v) is 10.4. The van der Waals surface area contributed by atoms with Crippen molar-refractivity contribution in [1.29, 1.82) is 5.26 Å². The minimum atomic E-state index is 0.175. The number of likely N-dealkylation sites (tertiary alicyclic amines) is 2. The summed E-state index contributed by atoms with van der Waals surface area (Å²) in [6.07, 6.45) is 8.90. The summed E-state index contributed by atoms with van der Waals surface area (Å²) in [5, 5.41) is 10.3. The van der Waals surface area contributed by atoms with Crippen molar-refractivity contribution in [3.8, 4) is 6.07 Å². The first-order valence-corrected chi connectivity index (χ1v) is 16.3. The van der Waals surface area contributed by atoms with Crippen LogP contribution >= 0.6 is 0 Å². The van der Waals surface area contributed by atoms with E-state index >= 15 is 0 Å². The Kier molecular flexibility index (Phi) is 8.15. The fraction of sp³-hybridized carbons (Fsp3) is 0.421. The Bertz CT molecular complexity index is 1620. The van der Waals surface area contributed by atoms with E-state index in [9.17, 15) is 10.1 Å². The summed E-state index contributed by atoms with van der Waals surface area (Å²) in [7, 11) is 0. The lowest BCUT2D eigenvalue weighted by Gasteiger charge is -2.33. The number of Topliss-reactive ketones (excluding diaryl/α,β-unsaturated/α-hetero) is 1. The third kappa shape index (κ3) is 6.18. The van der Waals surface area contributed by atoms with Gasteiger partial charge in [0.2, 0.25) is 0 Å². The van der Waals surface area contributed by atoms with Crippen LogP contribution < -0.4 is 0 Å². The molecule has 1 unspecified atom stereocenters. The van der Waals surface area contributed by atoms with Crippen molar-refractivity contribution < 1.29 is 4.79 Å². The van der Waals surface area contributed by atoms with Crippen LogP contribution in [0.4, 0.5) is 0 Å². The predicted molar refractivity (Wildman–Crippen MR) is 172 cm³/mol. The van der Waals surface area contributed by atoms with Crippen molar-refractivity contribution in [2.24, 2.45) is 11.8 Å². The number of hydrogen-bond donors (Lipinski definition) is 0. The number of carbonyl (C=O) groups excluding carboxylic acids is 1. The molecule has 0 saturated carbocycles. The molecule has 2 aliphatic heterocycles. The lowest BCUT2D eigenvalue weighted by molar-refractivity contribution is 0.0895. The van der Waals surface area contributed by atoms with E-state index in [-0.39, 0.29) is 5.92 Å². The highest BCUT2D eigenvalue weighted by molar-refractivity contribution is 6.02. The summed E-state index contributed by atoms with van der Waals surface area (Å²) in [6.45, 7) is 7.56. The quantitative estimate of drug-likeness (QED) is 0.228. The van der Waals surface area contributed by atoms with E-state index in [0.29, 0.717) is 23.2 Å². The molecule has 0 bridgehead atoms. The van der Waals surface area contributed by atoms with E-state index in [2.05, 4.69) is 87.3 Å². The van der Waals surface area contributed by atoms with Gasteiger partial charge in [0, 0.05) is 48.2 Å². The van der Waals surface area contributed by atoms with Crippen molar-refractivity contribution in [2.45, 2.75) is 57.5 Å². The minimum Gasteiger partial charge on any atom is -0.346 e. The molecule has 3 aromatic carbocycles. The molecular weight excluding hydrogens is 528 g/mol. The Morgan fingerprint density at radius 3 is 2.40 bits per heavy atom. The predicted octanol–water partition coefficient (Wildman–Crippen LogP) is 7.05. The largest absolute Gasteiger partial charge is 0.346 e. The van der Waals surface area contributed by atoms with Gasteiger partial charge in [0.25, 0.3) is 0 Å². The zero-order valence-electron chi connectivity index (χ0n) is 25.1. The molecule has 1 aliphatic carbocycles. The van der Waals surface area contributed by atoms with E-state index in [1.807, 2.05) is 12.1 Å². The van der Waals surface area contributed by atoms with Gasteiger partial charge in [-0.15, -0.1) is 0 Å². The number of ketones is 1. The van der Waals surface area contributed by atoms with Crippen molar-refractivity contribution >= 4 is 16.7 Å². The van der Waals surface area contributed by atoms with Gasteiger partial charge in [0.15, 0.2) is 5.78 Å². The topological polar surface area (TPSA) is 52.3 Å². The number of nitriles is 1. The van der Waals surface area contributed by atoms with E-state index in [4.69, 9.17) is 0 Å². The smallest absolute Gasteiger partial charge is 0.166 e. The molecule has 3 aliphatic rings. The second-order valence-electron chi connectivity index (χ2n) is 13.1. The van der Waals surface area contributed by atoms with Crippen LogP contribution in [0.1, 0.15) is 70.6 Å². The van der Waals surface area contributed by atoms with E-state index in [0.717, 1.165) is 69.6 Å². The molecule has 1 atom stereocenters. The van der Waals surface area contributed by atoms with Crippen molar-refractivity contribution in [2.75, 3.05) is 32.7 Å². The Balaban J connectivity index is 0.888. The third-order valence-electron chi connectivity index (χ3n) is 10.4. The van der Waals surface area contributed by atoms with E-state index < -0.39 is 0 Å². The van der Waals surface area contributed by atoms with Crippen LogP contribution in [0.15, 0.2) is 79.0 Å². The highest BCUT2D eigenvalue weighted by Gasteiger charge is 2.34. The summed E-state index contributed by atoms with van der Waals surface area (Å²) in [4.78, 5) is 18.5. The number of benzene rings is 3. The molecule has 0 N–H and O–H groups in total. The first-order chi connectivity index (χ1) is 21.1. The van der Waals surface area contributed by atoms with Gasteiger partial charge in [-0.3, -0.25) is 9.69 Å². The van der Waals surface area contributed by atoms with Crippen LogP contribution in [0.25, 0.3) is 10.9 Å². The molecule has 2 fully saturated rings. The summed E-state index contributed by atoms with van der Waals surface area (Å²) in [6, 6.07) is 27.9. The second kappa shape index (κ2) is 12.5. The maximum Gasteiger partial charge on any atom is 0.166 e. The summed E-state index contributed by atoms with van der Waals surface area (Å²) in [5.41, 5.74) is 7.04. The molecule has 43 heavy (non-hydrogen) atoms. The molecule has 2 saturated heterocycles. The zero-order valence-corrected chi connectivity index (χ0v) is 25.1. The maximum atomic E-state index is 13.4.